The van der Waals surface area contributed by atoms with Crippen LogP contribution in [0.25, 0.3) is 22.5 Å². The second kappa shape index (κ2) is 14.1. The number of aromatic carboxylic acids is 1. The third-order valence-corrected chi connectivity index (χ3v) is 5.30. The van der Waals surface area contributed by atoms with E-state index in [1.165, 1.54) is 48.8 Å². The van der Waals surface area contributed by atoms with Crippen LogP contribution in [0.4, 0.5) is 35.1 Å². The number of halogens is 8. The third-order valence-electron chi connectivity index (χ3n) is 5.30. The van der Waals surface area contributed by atoms with Crippen LogP contribution in [0.3, 0.4) is 0 Å². The Labute approximate surface area is 239 Å². The Bertz CT molecular complexity index is 1600. The monoisotopic (exact) mass is 605 g/mol. The Kier molecular flexibility index (Phi) is 10.6. The standard InChI is InChI=1S/C13H7F6N.C11H7F2N.C6H5NO2/c14-12(15,16)9-5-8(11-3-1-2-4-20-11)6-10(7-9)13(17,18)19;12-8-4-5-9(10(13)7-8)11-3-1-2-6-14-11;8-6(9)5-3-1-2-4-7-5/h1-7H;1-7H;1-4H,(H,8,9). The first-order chi connectivity index (χ1) is 20.3. The summed E-state index contributed by atoms with van der Waals surface area (Å²) in [5, 5.41) is 8.32. The lowest BCUT2D eigenvalue weighted by molar-refractivity contribution is -0.143. The van der Waals surface area contributed by atoms with Gasteiger partial charge < -0.3 is 5.11 Å². The molecule has 0 aliphatic carbocycles. The van der Waals surface area contributed by atoms with Crippen LogP contribution in [0.2, 0.25) is 0 Å². The van der Waals surface area contributed by atoms with Crippen LogP contribution in [-0.2, 0) is 12.4 Å². The first-order valence-corrected chi connectivity index (χ1v) is 12.0. The lowest BCUT2D eigenvalue weighted by Gasteiger charge is -2.13. The molecular weight excluding hydrogens is 586 g/mol. The summed E-state index contributed by atoms with van der Waals surface area (Å²) in [6.45, 7) is 0. The van der Waals surface area contributed by atoms with Gasteiger partial charge in [-0.05, 0) is 66.7 Å². The molecule has 0 atom stereocenters. The maximum atomic E-state index is 13.3. The van der Waals surface area contributed by atoms with E-state index in [1.54, 1.807) is 36.5 Å². The number of rotatable bonds is 3. The minimum absolute atomic E-state index is 0.0455. The zero-order valence-corrected chi connectivity index (χ0v) is 21.6. The van der Waals surface area contributed by atoms with Crippen molar-refractivity contribution < 1.29 is 45.0 Å². The molecular formula is C30H19F8N3O2. The average Bonchev–Trinajstić information content (AvgIpc) is 2.98. The highest BCUT2D eigenvalue weighted by atomic mass is 19.4. The van der Waals surface area contributed by atoms with Gasteiger partial charge in [0.25, 0.3) is 0 Å². The van der Waals surface area contributed by atoms with E-state index in [1.807, 2.05) is 0 Å². The zero-order chi connectivity index (χ0) is 31.6. The van der Waals surface area contributed by atoms with Gasteiger partial charge in [-0.1, -0.05) is 18.2 Å². The molecule has 5 nitrogen and oxygen atoms in total. The molecule has 3 aromatic heterocycles. The molecule has 13 heteroatoms. The van der Waals surface area contributed by atoms with Crippen molar-refractivity contribution in [2.75, 3.05) is 0 Å². The fraction of sp³-hybridized carbons (Fsp3) is 0.0667. The molecule has 0 unspecified atom stereocenters. The van der Waals surface area contributed by atoms with Crippen molar-refractivity contribution >= 4 is 5.97 Å². The van der Waals surface area contributed by atoms with E-state index in [-0.39, 0.29) is 23.0 Å². The van der Waals surface area contributed by atoms with Crippen LogP contribution in [0, 0.1) is 11.6 Å². The van der Waals surface area contributed by atoms with Crippen LogP contribution in [-0.4, -0.2) is 26.0 Å². The molecule has 0 saturated carbocycles. The number of carboxylic acids is 1. The molecule has 2 aromatic carbocycles. The van der Waals surface area contributed by atoms with Gasteiger partial charge in [-0.3, -0.25) is 9.97 Å². The van der Waals surface area contributed by atoms with Gasteiger partial charge in [0.05, 0.1) is 22.5 Å². The van der Waals surface area contributed by atoms with Crippen LogP contribution in [0.15, 0.2) is 110 Å². The fourth-order valence-electron chi connectivity index (χ4n) is 3.34. The Morgan fingerprint density at radius 1 is 0.605 bits per heavy atom. The van der Waals surface area contributed by atoms with E-state index in [2.05, 4.69) is 15.0 Å². The van der Waals surface area contributed by atoms with Gasteiger partial charge in [0.15, 0.2) is 0 Å². The summed E-state index contributed by atoms with van der Waals surface area (Å²) in [4.78, 5) is 21.5. The highest BCUT2D eigenvalue weighted by molar-refractivity contribution is 5.85. The maximum Gasteiger partial charge on any atom is 0.416 e. The highest BCUT2D eigenvalue weighted by Crippen LogP contribution is 2.38. The molecule has 222 valence electrons. The van der Waals surface area contributed by atoms with Gasteiger partial charge >= 0.3 is 18.3 Å². The molecule has 1 N–H and O–H groups in total. The maximum absolute atomic E-state index is 13.3. The quantitative estimate of drug-likeness (QED) is 0.209. The van der Waals surface area contributed by atoms with Crippen LogP contribution in [0.1, 0.15) is 21.6 Å². The predicted molar refractivity (Wildman–Crippen MR) is 140 cm³/mol. The number of nitrogens with zero attached hydrogens (tertiary/aromatic N) is 3. The predicted octanol–water partition coefficient (Wildman–Crippen LogP) is 8.59. The Morgan fingerprint density at radius 2 is 1.12 bits per heavy atom. The normalized spacial score (nSPS) is 11.0. The minimum atomic E-state index is -4.86. The molecule has 5 rings (SSSR count). The van der Waals surface area contributed by atoms with E-state index >= 15 is 0 Å². The second-order valence-electron chi connectivity index (χ2n) is 8.37. The van der Waals surface area contributed by atoms with Gasteiger partial charge in [-0.25, -0.2) is 18.6 Å². The topological polar surface area (TPSA) is 76.0 Å². The number of benzene rings is 2. The van der Waals surface area contributed by atoms with Crippen LogP contribution >= 0.6 is 0 Å². The van der Waals surface area contributed by atoms with E-state index in [0.717, 1.165) is 6.07 Å². The van der Waals surface area contributed by atoms with E-state index in [9.17, 15) is 39.9 Å². The molecule has 0 amide bonds. The summed E-state index contributed by atoms with van der Waals surface area (Å²) in [5.41, 5.74) is -1.99. The molecule has 43 heavy (non-hydrogen) atoms. The SMILES string of the molecule is FC(F)(F)c1cc(-c2ccccn2)cc(C(F)(F)F)c1.Fc1ccc(-c2ccccn2)c(F)c1.O=C(O)c1ccccn1. The number of hydrogen-bond acceptors (Lipinski definition) is 4. The van der Waals surface area contributed by atoms with Crippen molar-refractivity contribution in [2.24, 2.45) is 0 Å². The molecule has 0 saturated heterocycles. The molecule has 0 spiro atoms. The van der Waals surface area contributed by atoms with Gasteiger partial charge in [0, 0.05) is 35.8 Å². The van der Waals surface area contributed by atoms with Crippen molar-refractivity contribution in [3.8, 4) is 22.5 Å². The van der Waals surface area contributed by atoms with E-state index in [0.29, 0.717) is 23.4 Å². The molecule has 0 radical (unpaired) electrons. The molecule has 0 bridgehead atoms. The number of hydrogen-bond donors (Lipinski definition) is 1. The van der Waals surface area contributed by atoms with Crippen molar-refractivity contribution in [3.63, 3.8) is 0 Å². The fourth-order valence-corrected chi connectivity index (χ4v) is 3.34. The Balaban J connectivity index is 0.000000191. The Hall–Kier alpha value is -5.20. The van der Waals surface area contributed by atoms with Gasteiger partial charge in [-0.2, -0.15) is 26.3 Å². The third kappa shape index (κ3) is 9.69. The lowest BCUT2D eigenvalue weighted by atomic mass is 10.0. The summed E-state index contributed by atoms with van der Waals surface area (Å²) in [5.74, 6) is -2.17. The Morgan fingerprint density at radius 3 is 1.51 bits per heavy atom. The van der Waals surface area contributed by atoms with Crippen LogP contribution < -0.4 is 0 Å². The molecule has 3 heterocycles. The van der Waals surface area contributed by atoms with Gasteiger partial charge in [-0.15, -0.1) is 0 Å². The summed E-state index contributed by atoms with van der Waals surface area (Å²) in [6, 6.07) is 19.1. The smallest absolute Gasteiger partial charge is 0.416 e. The van der Waals surface area contributed by atoms with Gasteiger partial charge in [0.2, 0.25) is 0 Å². The number of alkyl halides is 6. The summed E-state index contributed by atoms with van der Waals surface area (Å²) >= 11 is 0. The van der Waals surface area contributed by atoms with Crippen molar-refractivity contribution in [1.82, 2.24) is 15.0 Å². The average molecular weight is 605 g/mol. The van der Waals surface area contributed by atoms with E-state index in [4.69, 9.17) is 5.11 Å². The van der Waals surface area contributed by atoms with Crippen LogP contribution in [0.5, 0.6) is 0 Å². The molecule has 5 aromatic rings. The second-order valence-corrected chi connectivity index (χ2v) is 8.37. The number of carboxylic acid groups (broad SMARTS) is 1. The minimum Gasteiger partial charge on any atom is -0.477 e. The first-order valence-electron chi connectivity index (χ1n) is 12.0. The first kappa shape index (κ1) is 32.3. The zero-order valence-electron chi connectivity index (χ0n) is 21.6. The van der Waals surface area contributed by atoms with Crippen molar-refractivity contribution in [1.29, 1.82) is 0 Å². The number of pyridine rings is 3. The molecule has 0 aliphatic rings. The van der Waals surface area contributed by atoms with E-state index < -0.39 is 41.1 Å². The number of aromatic nitrogens is 3. The van der Waals surface area contributed by atoms with Crippen molar-refractivity contribution in [3.05, 3.63) is 138 Å². The number of carbonyl (C=O) groups is 1. The summed E-state index contributed by atoms with van der Waals surface area (Å²) < 4.78 is 102. The molecule has 0 fully saturated rings. The molecule has 0 aliphatic heterocycles. The largest absolute Gasteiger partial charge is 0.477 e. The van der Waals surface area contributed by atoms with Crippen molar-refractivity contribution in [2.45, 2.75) is 12.4 Å². The van der Waals surface area contributed by atoms with Gasteiger partial charge in [0.1, 0.15) is 17.3 Å². The highest BCUT2D eigenvalue weighted by Gasteiger charge is 2.37. The summed E-state index contributed by atoms with van der Waals surface area (Å²) in [7, 11) is 0. The lowest BCUT2D eigenvalue weighted by Crippen LogP contribution is -2.11. The summed E-state index contributed by atoms with van der Waals surface area (Å²) in [6.07, 6.45) is -5.40.